The summed E-state index contributed by atoms with van der Waals surface area (Å²) in [4.78, 5) is 32.3. The van der Waals surface area contributed by atoms with Gasteiger partial charge in [-0.2, -0.15) is 4.39 Å². The maximum atomic E-state index is 14.1. The van der Waals surface area contributed by atoms with Crippen LogP contribution in [0.15, 0.2) is 42.6 Å². The van der Waals surface area contributed by atoms with E-state index in [2.05, 4.69) is 54.8 Å². The van der Waals surface area contributed by atoms with E-state index < -0.39 is 5.95 Å². The number of amides is 1. The number of pyridine rings is 2. The van der Waals surface area contributed by atoms with E-state index in [0.29, 0.717) is 52.8 Å². The Bertz CT molecular complexity index is 1790. The second-order valence-electron chi connectivity index (χ2n) is 14.3. The van der Waals surface area contributed by atoms with Crippen LogP contribution in [-0.4, -0.2) is 83.4 Å². The van der Waals surface area contributed by atoms with Crippen LogP contribution >= 0.6 is 0 Å². The molecule has 6 heterocycles. The van der Waals surface area contributed by atoms with Crippen LogP contribution in [-0.2, 0) is 11.3 Å². The lowest BCUT2D eigenvalue weighted by Gasteiger charge is -2.47. The molecule has 1 aromatic carbocycles. The molecule has 1 amide bonds. The number of halogens is 1. The lowest BCUT2D eigenvalue weighted by atomic mass is 9.71. The fourth-order valence-electron chi connectivity index (χ4n) is 7.86. The summed E-state index contributed by atoms with van der Waals surface area (Å²) < 4.78 is 27.6. The summed E-state index contributed by atoms with van der Waals surface area (Å²) in [7, 11) is 1.78. The zero-order valence-corrected chi connectivity index (χ0v) is 29.0. The first-order valence-corrected chi connectivity index (χ1v) is 17.8. The Morgan fingerprint density at radius 2 is 1.86 bits per heavy atom. The summed E-state index contributed by atoms with van der Waals surface area (Å²) in [6.45, 7) is 11.6. The number of anilines is 2. The molecule has 3 aromatic heterocycles. The molecule has 0 saturated carbocycles. The average molecular weight is 670 g/mol. The van der Waals surface area contributed by atoms with Crippen LogP contribution in [0, 0.1) is 24.2 Å². The third-order valence-corrected chi connectivity index (χ3v) is 10.8. The molecular formula is C38H48FN7O3. The zero-order chi connectivity index (χ0) is 34.0. The molecular weight excluding hydrogens is 621 g/mol. The molecule has 1 atom stereocenters. The fourth-order valence-corrected chi connectivity index (χ4v) is 7.86. The van der Waals surface area contributed by atoms with Crippen LogP contribution < -0.4 is 15.0 Å². The highest BCUT2D eigenvalue weighted by atomic mass is 19.1. The van der Waals surface area contributed by atoms with Gasteiger partial charge in [-0.15, -0.1) is 0 Å². The second-order valence-corrected chi connectivity index (χ2v) is 14.3. The number of benzene rings is 1. The minimum Gasteiger partial charge on any atom is -0.493 e. The summed E-state index contributed by atoms with van der Waals surface area (Å²) in [5.74, 6) is 0.281. The van der Waals surface area contributed by atoms with Gasteiger partial charge in [-0.05, 0) is 107 Å². The maximum Gasteiger partial charge on any atom is 0.258 e. The molecule has 49 heavy (non-hydrogen) atoms. The molecule has 2 fully saturated rings. The van der Waals surface area contributed by atoms with Crippen LogP contribution in [0.5, 0.6) is 5.75 Å². The van der Waals surface area contributed by atoms with Gasteiger partial charge in [0.25, 0.3) is 5.91 Å². The summed E-state index contributed by atoms with van der Waals surface area (Å²) in [6.07, 6.45) is 9.20. The SMILES string of the molecule is COCCCN1CCC2(CC1)CCN(c1ccc3nc4n(c3c1)C[C@H](C)CCCOc1cc(F)ncc1-c1cc(cc(C)n1)C(=O)N4)CC2. The number of carbonyl (C=O) groups is 1. The molecule has 4 aromatic rings. The number of rotatable bonds is 5. The van der Waals surface area contributed by atoms with E-state index in [0.717, 1.165) is 56.5 Å². The van der Waals surface area contributed by atoms with Crippen molar-refractivity contribution in [3.8, 4) is 17.0 Å². The normalized spacial score (nSPS) is 20.2. The van der Waals surface area contributed by atoms with Crippen LogP contribution in [0.2, 0.25) is 0 Å². The van der Waals surface area contributed by atoms with Gasteiger partial charge in [0.1, 0.15) is 5.75 Å². The molecule has 2 saturated heterocycles. The van der Waals surface area contributed by atoms with E-state index in [4.69, 9.17) is 14.5 Å². The van der Waals surface area contributed by atoms with Gasteiger partial charge in [-0.25, -0.2) is 9.97 Å². The topological polar surface area (TPSA) is 97.6 Å². The molecule has 7 rings (SSSR count). The molecule has 1 spiro atoms. The highest BCUT2D eigenvalue weighted by Crippen LogP contribution is 2.42. The highest BCUT2D eigenvalue weighted by molar-refractivity contribution is 6.05. The number of aryl methyl sites for hydroxylation is 1. The number of nitrogens with zero attached hydrogens (tertiary/aromatic N) is 6. The summed E-state index contributed by atoms with van der Waals surface area (Å²) in [6, 6.07) is 11.3. The van der Waals surface area contributed by atoms with Crippen molar-refractivity contribution in [1.82, 2.24) is 24.4 Å². The second kappa shape index (κ2) is 14.4. The van der Waals surface area contributed by atoms with Crippen LogP contribution in [0.4, 0.5) is 16.0 Å². The van der Waals surface area contributed by atoms with Gasteiger partial charge in [0.2, 0.25) is 11.9 Å². The predicted octanol–water partition coefficient (Wildman–Crippen LogP) is 6.72. The van der Waals surface area contributed by atoms with Crippen molar-refractivity contribution in [3.63, 3.8) is 0 Å². The van der Waals surface area contributed by atoms with E-state index in [-0.39, 0.29) is 11.8 Å². The number of piperidine rings is 2. The minimum atomic E-state index is -0.619. The van der Waals surface area contributed by atoms with Gasteiger partial charge in [-0.3, -0.25) is 15.1 Å². The van der Waals surface area contributed by atoms with Crippen LogP contribution in [0.1, 0.15) is 67.9 Å². The highest BCUT2D eigenvalue weighted by Gasteiger charge is 2.37. The van der Waals surface area contributed by atoms with E-state index in [1.165, 1.54) is 56.7 Å². The van der Waals surface area contributed by atoms with Crippen molar-refractivity contribution >= 4 is 28.6 Å². The number of imidazole rings is 1. The van der Waals surface area contributed by atoms with Gasteiger partial charge >= 0.3 is 0 Å². The number of nitrogens with one attached hydrogen (secondary N) is 1. The van der Waals surface area contributed by atoms with Crippen molar-refractivity contribution < 1.29 is 18.7 Å². The van der Waals surface area contributed by atoms with Crippen LogP contribution in [0.25, 0.3) is 22.3 Å². The number of fused-ring (bicyclic) bond motifs is 7. The number of carbonyl (C=O) groups excluding carboxylic acids is 1. The molecule has 0 unspecified atom stereocenters. The number of hydrogen-bond acceptors (Lipinski definition) is 8. The Hall–Kier alpha value is -4.09. The van der Waals surface area contributed by atoms with Gasteiger partial charge in [0.15, 0.2) is 0 Å². The Morgan fingerprint density at radius 3 is 2.65 bits per heavy atom. The Balaban J connectivity index is 1.13. The zero-order valence-electron chi connectivity index (χ0n) is 29.0. The molecule has 260 valence electrons. The molecule has 1 N–H and O–H groups in total. The van der Waals surface area contributed by atoms with Crippen molar-refractivity contribution in [1.29, 1.82) is 0 Å². The summed E-state index contributed by atoms with van der Waals surface area (Å²) >= 11 is 0. The lowest BCUT2D eigenvalue weighted by molar-refractivity contribution is 0.0735. The number of hydrogen-bond donors (Lipinski definition) is 1. The standard InChI is InChI=1S/C38H48FN7O3/c1-26-6-4-19-49-34-23-35(39)40-24-30(34)32-21-28(20-27(2)41-32)36(47)43-37-42-31-8-7-29(22-33(31)46(37)25-26)45-16-11-38(12-17-45)9-14-44(15-10-38)13-5-18-48-3/h7-8,20-24,26H,4-6,9-19,25H2,1-3H3,(H,42,43,47)/t26-/m1/s1. The van der Waals surface area contributed by atoms with Gasteiger partial charge < -0.3 is 23.8 Å². The van der Waals surface area contributed by atoms with Crippen molar-refractivity contribution in [2.24, 2.45) is 11.3 Å². The minimum absolute atomic E-state index is 0.277. The fraction of sp³-hybridized carbons (Fsp3) is 0.526. The monoisotopic (exact) mass is 669 g/mol. The Labute approximate surface area is 288 Å². The number of methoxy groups -OCH3 is 1. The maximum absolute atomic E-state index is 14.1. The first kappa shape index (κ1) is 33.4. The predicted molar refractivity (Wildman–Crippen MR) is 190 cm³/mol. The number of ether oxygens (including phenoxy) is 2. The Morgan fingerprint density at radius 1 is 1.06 bits per heavy atom. The summed E-state index contributed by atoms with van der Waals surface area (Å²) in [5.41, 5.74) is 5.68. The smallest absolute Gasteiger partial charge is 0.258 e. The lowest BCUT2D eigenvalue weighted by Crippen LogP contribution is -2.47. The van der Waals surface area contributed by atoms with Crippen molar-refractivity contribution in [2.75, 3.05) is 63.3 Å². The van der Waals surface area contributed by atoms with Gasteiger partial charge in [0.05, 0.1) is 28.9 Å². The van der Waals surface area contributed by atoms with E-state index >= 15 is 0 Å². The molecule has 3 aliphatic rings. The van der Waals surface area contributed by atoms with Crippen LogP contribution in [0.3, 0.4) is 0 Å². The van der Waals surface area contributed by atoms with E-state index in [1.54, 1.807) is 19.2 Å². The first-order valence-electron chi connectivity index (χ1n) is 17.8. The molecule has 2 bridgehead atoms. The van der Waals surface area contributed by atoms with Crippen molar-refractivity contribution in [2.45, 2.75) is 65.3 Å². The third-order valence-electron chi connectivity index (χ3n) is 10.8. The molecule has 10 nitrogen and oxygen atoms in total. The quantitative estimate of drug-likeness (QED) is 0.185. The first-order chi connectivity index (χ1) is 23.8. The third kappa shape index (κ3) is 7.43. The molecule has 3 aliphatic heterocycles. The van der Waals surface area contributed by atoms with Crippen molar-refractivity contribution in [3.05, 3.63) is 59.8 Å². The summed E-state index contributed by atoms with van der Waals surface area (Å²) in [5, 5.41) is 3.12. The number of likely N-dealkylation sites (tertiary alicyclic amines) is 1. The Kier molecular flexibility index (Phi) is 9.82. The van der Waals surface area contributed by atoms with E-state index in [1.807, 2.05) is 6.92 Å². The molecule has 11 heteroatoms. The van der Waals surface area contributed by atoms with E-state index in [9.17, 15) is 9.18 Å². The molecule has 0 aliphatic carbocycles. The average Bonchev–Trinajstić information content (AvgIpc) is 3.43. The van der Waals surface area contributed by atoms with Gasteiger partial charge in [0, 0.05) is 69.1 Å². The number of aromatic nitrogens is 4. The van der Waals surface area contributed by atoms with Gasteiger partial charge in [-0.1, -0.05) is 6.92 Å². The largest absolute Gasteiger partial charge is 0.493 e. The molecule has 0 radical (unpaired) electrons.